The largest absolute Gasteiger partial charge is 0.383 e. The highest BCUT2D eigenvalue weighted by Crippen LogP contribution is 2.32. The lowest BCUT2D eigenvalue weighted by Gasteiger charge is -2.11. The maximum Gasteiger partial charge on any atom is 0.118 e. The molecule has 0 fully saturated rings. The average Bonchev–Trinajstić information content (AvgIpc) is 2.67. The summed E-state index contributed by atoms with van der Waals surface area (Å²) in [7, 11) is 0. The van der Waals surface area contributed by atoms with Crippen molar-refractivity contribution in [2.24, 2.45) is 0 Å². The lowest BCUT2D eigenvalue weighted by Crippen LogP contribution is -2.00. The predicted molar refractivity (Wildman–Crippen MR) is 65.2 cm³/mol. The molecule has 16 heavy (non-hydrogen) atoms. The molecule has 2 aromatic rings. The lowest BCUT2D eigenvalue weighted by molar-refractivity contribution is 0.223. The summed E-state index contributed by atoms with van der Waals surface area (Å²) in [4.78, 5) is 0.684. The number of hydrogen-bond acceptors (Lipinski definition) is 4. The number of aryl methyl sites for hydroxylation is 1. The SMILES string of the molecule is Cc1nnsc1C(O)c1cc(Cl)ccc1Cl. The third-order valence-electron chi connectivity index (χ3n) is 2.19. The molecule has 1 unspecified atom stereocenters. The van der Waals surface area contributed by atoms with Crippen molar-refractivity contribution in [1.29, 1.82) is 0 Å². The van der Waals surface area contributed by atoms with E-state index in [1.165, 1.54) is 0 Å². The summed E-state index contributed by atoms with van der Waals surface area (Å²) >= 11 is 13.0. The first-order chi connectivity index (χ1) is 7.59. The van der Waals surface area contributed by atoms with Crippen LogP contribution in [-0.2, 0) is 0 Å². The van der Waals surface area contributed by atoms with Crippen LogP contribution in [0.4, 0.5) is 0 Å². The number of rotatable bonds is 2. The molecule has 1 aromatic heterocycles. The topological polar surface area (TPSA) is 46.0 Å². The number of halogens is 2. The van der Waals surface area contributed by atoms with Gasteiger partial charge in [0.25, 0.3) is 0 Å². The van der Waals surface area contributed by atoms with E-state index >= 15 is 0 Å². The summed E-state index contributed by atoms with van der Waals surface area (Å²) < 4.78 is 3.78. The Hall–Kier alpha value is -0.680. The molecular weight excluding hydrogens is 267 g/mol. The van der Waals surface area contributed by atoms with E-state index in [1.807, 2.05) is 0 Å². The van der Waals surface area contributed by atoms with Gasteiger partial charge in [-0.2, -0.15) is 0 Å². The molecule has 0 aliphatic carbocycles. The van der Waals surface area contributed by atoms with Gasteiger partial charge in [0.2, 0.25) is 0 Å². The van der Waals surface area contributed by atoms with Gasteiger partial charge in [0.05, 0.1) is 10.6 Å². The van der Waals surface area contributed by atoms with Crippen molar-refractivity contribution in [3.05, 3.63) is 44.4 Å². The van der Waals surface area contributed by atoms with E-state index in [0.29, 0.717) is 26.2 Å². The summed E-state index contributed by atoms with van der Waals surface area (Å²) in [5.41, 5.74) is 1.27. The van der Waals surface area contributed by atoms with Crippen LogP contribution in [0.1, 0.15) is 22.2 Å². The Bertz CT molecular complexity index is 515. The number of nitrogens with zero attached hydrogens (tertiary/aromatic N) is 2. The van der Waals surface area contributed by atoms with Gasteiger partial charge in [0, 0.05) is 15.6 Å². The number of benzene rings is 1. The fraction of sp³-hybridized carbons (Fsp3) is 0.200. The van der Waals surface area contributed by atoms with Crippen molar-refractivity contribution in [2.45, 2.75) is 13.0 Å². The second-order valence-corrected chi connectivity index (χ2v) is 4.92. The molecule has 0 aliphatic heterocycles. The quantitative estimate of drug-likeness (QED) is 0.915. The molecule has 0 amide bonds. The fourth-order valence-electron chi connectivity index (χ4n) is 1.35. The highest BCUT2D eigenvalue weighted by molar-refractivity contribution is 7.05. The number of aliphatic hydroxyl groups is 1. The number of aromatic nitrogens is 2. The predicted octanol–water partition coefficient (Wildman–Crippen LogP) is 3.24. The Morgan fingerprint density at radius 1 is 1.38 bits per heavy atom. The number of hydrogen-bond donors (Lipinski definition) is 1. The zero-order valence-corrected chi connectivity index (χ0v) is 10.6. The minimum absolute atomic E-state index is 0.477. The van der Waals surface area contributed by atoms with Gasteiger partial charge in [-0.3, -0.25) is 0 Å². The van der Waals surface area contributed by atoms with Gasteiger partial charge >= 0.3 is 0 Å². The second kappa shape index (κ2) is 4.67. The first-order valence-electron chi connectivity index (χ1n) is 4.51. The third-order valence-corrected chi connectivity index (χ3v) is 3.65. The van der Waals surface area contributed by atoms with Crippen LogP contribution in [0.15, 0.2) is 18.2 Å². The zero-order chi connectivity index (χ0) is 11.7. The molecule has 0 saturated carbocycles. The second-order valence-electron chi connectivity index (χ2n) is 3.29. The molecule has 0 spiro atoms. The Balaban J connectivity index is 2.45. The molecule has 2 rings (SSSR count). The van der Waals surface area contributed by atoms with Gasteiger partial charge in [0.1, 0.15) is 6.10 Å². The van der Waals surface area contributed by atoms with Gasteiger partial charge in [-0.15, -0.1) is 5.10 Å². The van der Waals surface area contributed by atoms with Crippen LogP contribution < -0.4 is 0 Å². The Morgan fingerprint density at radius 3 is 2.75 bits per heavy atom. The van der Waals surface area contributed by atoms with Crippen LogP contribution in [0.5, 0.6) is 0 Å². The lowest BCUT2D eigenvalue weighted by atomic mass is 10.1. The molecule has 1 heterocycles. The van der Waals surface area contributed by atoms with Gasteiger partial charge in [-0.25, -0.2) is 0 Å². The van der Waals surface area contributed by atoms with E-state index < -0.39 is 6.10 Å². The van der Waals surface area contributed by atoms with Crippen LogP contribution >= 0.6 is 34.7 Å². The first kappa shape index (κ1) is 11.8. The van der Waals surface area contributed by atoms with E-state index in [2.05, 4.69) is 9.59 Å². The molecule has 1 aromatic carbocycles. The van der Waals surface area contributed by atoms with Crippen molar-refractivity contribution in [1.82, 2.24) is 9.59 Å². The van der Waals surface area contributed by atoms with E-state index in [-0.39, 0.29) is 0 Å². The monoisotopic (exact) mass is 274 g/mol. The highest BCUT2D eigenvalue weighted by atomic mass is 35.5. The van der Waals surface area contributed by atoms with Crippen LogP contribution in [0.2, 0.25) is 10.0 Å². The zero-order valence-electron chi connectivity index (χ0n) is 8.32. The van der Waals surface area contributed by atoms with Crippen molar-refractivity contribution >= 4 is 34.7 Å². The summed E-state index contributed by atoms with van der Waals surface area (Å²) in [6, 6.07) is 4.98. The summed E-state index contributed by atoms with van der Waals surface area (Å²) in [5.74, 6) is 0. The van der Waals surface area contributed by atoms with E-state index in [9.17, 15) is 5.11 Å². The first-order valence-corrected chi connectivity index (χ1v) is 6.04. The molecule has 0 radical (unpaired) electrons. The minimum atomic E-state index is -0.828. The minimum Gasteiger partial charge on any atom is -0.383 e. The van der Waals surface area contributed by atoms with Crippen LogP contribution in [0.3, 0.4) is 0 Å². The van der Waals surface area contributed by atoms with Gasteiger partial charge in [-0.05, 0) is 36.7 Å². The maximum atomic E-state index is 10.2. The van der Waals surface area contributed by atoms with Gasteiger partial charge < -0.3 is 5.11 Å². The molecule has 0 aliphatic rings. The molecule has 0 bridgehead atoms. The maximum absolute atomic E-state index is 10.2. The van der Waals surface area contributed by atoms with Crippen LogP contribution in [-0.4, -0.2) is 14.7 Å². The third kappa shape index (κ3) is 2.20. The molecule has 84 valence electrons. The summed E-state index contributed by atoms with van der Waals surface area (Å²) in [6.45, 7) is 1.79. The molecule has 0 saturated heterocycles. The van der Waals surface area contributed by atoms with E-state index in [0.717, 1.165) is 11.5 Å². The van der Waals surface area contributed by atoms with Gasteiger partial charge in [-0.1, -0.05) is 27.7 Å². The Kier molecular flexibility index (Phi) is 3.44. The molecule has 6 heteroatoms. The average molecular weight is 275 g/mol. The van der Waals surface area contributed by atoms with Crippen LogP contribution in [0.25, 0.3) is 0 Å². The van der Waals surface area contributed by atoms with Crippen molar-refractivity contribution in [3.8, 4) is 0 Å². The summed E-state index contributed by atoms with van der Waals surface area (Å²) in [6.07, 6.45) is -0.828. The molecule has 3 nitrogen and oxygen atoms in total. The van der Waals surface area contributed by atoms with Crippen molar-refractivity contribution in [3.63, 3.8) is 0 Å². The molecular formula is C10H8Cl2N2OS. The van der Waals surface area contributed by atoms with Crippen LogP contribution in [0, 0.1) is 6.92 Å². The normalized spacial score (nSPS) is 12.8. The highest BCUT2D eigenvalue weighted by Gasteiger charge is 2.19. The molecule has 1 atom stereocenters. The smallest absolute Gasteiger partial charge is 0.118 e. The van der Waals surface area contributed by atoms with Crippen molar-refractivity contribution in [2.75, 3.05) is 0 Å². The number of aliphatic hydroxyl groups excluding tert-OH is 1. The summed E-state index contributed by atoms with van der Waals surface area (Å²) in [5, 5.41) is 15.0. The van der Waals surface area contributed by atoms with Crippen molar-refractivity contribution < 1.29 is 5.11 Å². The van der Waals surface area contributed by atoms with E-state index in [1.54, 1.807) is 25.1 Å². The van der Waals surface area contributed by atoms with E-state index in [4.69, 9.17) is 23.2 Å². The Labute approximate surface area is 107 Å². The van der Waals surface area contributed by atoms with Gasteiger partial charge in [0.15, 0.2) is 0 Å². The standard InChI is InChI=1S/C10H8Cl2N2OS/c1-5-10(16-14-13-5)9(15)7-4-6(11)2-3-8(7)12/h2-4,9,15H,1H3. The fourth-order valence-corrected chi connectivity index (χ4v) is 2.41. The molecule has 1 N–H and O–H groups in total. The Morgan fingerprint density at radius 2 is 2.12 bits per heavy atom.